The number of carbonyl (C=O) groups excluding carboxylic acids is 3. The van der Waals surface area contributed by atoms with Crippen molar-refractivity contribution in [1.82, 2.24) is 44.4 Å². The summed E-state index contributed by atoms with van der Waals surface area (Å²) in [5.74, 6) is 5.20. The van der Waals surface area contributed by atoms with Crippen molar-refractivity contribution in [1.29, 1.82) is 10.5 Å². The lowest BCUT2D eigenvalue weighted by Gasteiger charge is -2.43. The number of likely N-dealkylation sites (tertiary alicyclic amines) is 1. The molecule has 0 unspecified atom stereocenters. The Morgan fingerprint density at radius 3 is 1.44 bits per heavy atom. The van der Waals surface area contributed by atoms with Gasteiger partial charge in [-0.1, -0.05) is 43.5 Å². The van der Waals surface area contributed by atoms with Crippen LogP contribution in [0.4, 0.5) is 23.3 Å². The number of hydrogen-bond donors (Lipinski definition) is 4. The Balaban J connectivity index is 0.000000181. The smallest absolute Gasteiger partial charge is 0.256 e. The molecule has 8 heterocycles. The lowest BCUT2D eigenvalue weighted by atomic mass is 9.86. The van der Waals surface area contributed by atoms with Crippen LogP contribution in [0.5, 0.6) is 34.5 Å². The summed E-state index contributed by atoms with van der Waals surface area (Å²) in [7, 11) is 3.29. The quantitative estimate of drug-likeness (QED) is 0.0585. The summed E-state index contributed by atoms with van der Waals surface area (Å²) in [6.07, 6.45) is 14.0. The van der Waals surface area contributed by atoms with E-state index in [1.54, 1.807) is 93.3 Å². The maximum absolute atomic E-state index is 13.3. The number of pyridine rings is 4. The predicted molar refractivity (Wildman–Crippen MR) is 349 cm³/mol. The summed E-state index contributed by atoms with van der Waals surface area (Å²) >= 11 is 0. The molecule has 23 heteroatoms. The molecule has 3 fully saturated rings. The highest BCUT2D eigenvalue weighted by Crippen LogP contribution is 2.39. The van der Waals surface area contributed by atoms with Crippen molar-refractivity contribution in [3.63, 3.8) is 0 Å². The van der Waals surface area contributed by atoms with E-state index in [2.05, 4.69) is 31.2 Å². The van der Waals surface area contributed by atoms with E-state index in [1.807, 2.05) is 87.9 Å². The molecule has 1 saturated carbocycles. The Morgan fingerprint density at radius 1 is 0.559 bits per heavy atom. The molecule has 23 nitrogen and oxygen atoms in total. The maximum Gasteiger partial charge on any atom is 0.256 e. The number of aromatic nitrogens is 8. The third-order valence-corrected chi connectivity index (χ3v) is 16.5. The molecule has 4 aromatic carbocycles. The van der Waals surface area contributed by atoms with E-state index in [0.717, 1.165) is 65.2 Å². The lowest BCUT2D eigenvalue weighted by molar-refractivity contribution is -0.169. The second-order valence-electron chi connectivity index (χ2n) is 23.2. The van der Waals surface area contributed by atoms with Crippen LogP contribution in [-0.2, 0) is 22.6 Å². The van der Waals surface area contributed by atoms with Gasteiger partial charge in [-0.3, -0.25) is 14.4 Å². The Kier molecular flexibility index (Phi) is 18.7. The van der Waals surface area contributed by atoms with Gasteiger partial charge in [-0.2, -0.15) is 20.7 Å². The molecule has 10 aromatic rings. The molecule has 13 rings (SSSR count). The normalized spacial score (nSPS) is 15.1. The van der Waals surface area contributed by atoms with Crippen LogP contribution in [0.2, 0.25) is 0 Å². The molecule has 470 valence electrons. The van der Waals surface area contributed by atoms with Gasteiger partial charge in [-0.25, -0.2) is 29.3 Å². The monoisotopic (exact) mass is 1250 g/mol. The highest BCUT2D eigenvalue weighted by molar-refractivity contribution is 6.04. The first-order chi connectivity index (χ1) is 45.4. The van der Waals surface area contributed by atoms with Gasteiger partial charge in [-0.05, 0) is 141 Å². The number of amides is 3. The molecule has 1 aliphatic carbocycles. The first-order valence-corrected chi connectivity index (χ1v) is 30.7. The molecule has 3 amide bonds. The summed E-state index contributed by atoms with van der Waals surface area (Å²) in [5.41, 5.74) is 4.63. The maximum atomic E-state index is 13.3. The van der Waals surface area contributed by atoms with Crippen LogP contribution in [0.1, 0.15) is 94.8 Å². The number of ether oxygens (including phenoxy) is 5. The average molecular weight is 1250 g/mol. The first-order valence-electron chi connectivity index (χ1n) is 30.7. The van der Waals surface area contributed by atoms with E-state index in [1.165, 1.54) is 43.8 Å². The first kappa shape index (κ1) is 61.8. The second kappa shape index (κ2) is 28.2. The Hall–Kier alpha value is -11.4. The van der Waals surface area contributed by atoms with Crippen molar-refractivity contribution >= 4 is 63.1 Å². The molecule has 0 bridgehead atoms. The largest absolute Gasteiger partial charge is 0.497 e. The Morgan fingerprint density at radius 2 is 1.00 bits per heavy atom. The minimum absolute atomic E-state index is 0.0287. The van der Waals surface area contributed by atoms with Crippen LogP contribution in [0, 0.1) is 28.1 Å². The number of nitriles is 2. The summed E-state index contributed by atoms with van der Waals surface area (Å²) in [6, 6.07) is 43.5. The van der Waals surface area contributed by atoms with Crippen molar-refractivity contribution in [2.75, 3.05) is 61.8 Å². The fourth-order valence-electron chi connectivity index (χ4n) is 11.5. The minimum Gasteiger partial charge on any atom is -0.497 e. The summed E-state index contributed by atoms with van der Waals surface area (Å²) < 4.78 is 32.5. The molecule has 4 N–H and O–H groups in total. The van der Waals surface area contributed by atoms with Crippen LogP contribution in [-0.4, -0.2) is 115 Å². The fraction of sp³-hybridized carbons (Fsp3) is 0.271. The van der Waals surface area contributed by atoms with Crippen molar-refractivity contribution in [2.24, 2.45) is 5.41 Å². The van der Waals surface area contributed by atoms with Gasteiger partial charge < -0.3 is 49.9 Å². The van der Waals surface area contributed by atoms with Gasteiger partial charge in [0.25, 0.3) is 11.8 Å². The van der Waals surface area contributed by atoms with Crippen molar-refractivity contribution in [2.45, 2.75) is 77.0 Å². The predicted octanol–water partition coefficient (Wildman–Crippen LogP) is 11.8. The minimum atomic E-state index is -0.463. The van der Waals surface area contributed by atoms with E-state index in [-0.39, 0.29) is 29.6 Å². The average Bonchev–Trinajstić information content (AvgIpc) is 1.74. The number of carbonyl (C=O) groups is 3. The second-order valence-corrected chi connectivity index (χ2v) is 23.2. The van der Waals surface area contributed by atoms with Crippen LogP contribution in [0.15, 0.2) is 158 Å². The third kappa shape index (κ3) is 14.6. The zero-order chi connectivity index (χ0) is 64.3. The van der Waals surface area contributed by atoms with Crippen LogP contribution in [0.3, 0.4) is 0 Å². The molecule has 6 aromatic heterocycles. The molecule has 3 aliphatic rings. The zero-order valence-corrected chi connectivity index (χ0v) is 51.5. The molecule has 0 spiro atoms. The van der Waals surface area contributed by atoms with E-state index in [0.29, 0.717) is 113 Å². The number of nitrogens with one attached hydrogen (secondary N) is 4. The van der Waals surface area contributed by atoms with Gasteiger partial charge in [-0.15, -0.1) is 0 Å². The molecule has 1 atom stereocenters. The fourth-order valence-corrected chi connectivity index (χ4v) is 11.5. The number of hydrogen-bond acceptors (Lipinski definition) is 18. The van der Waals surface area contributed by atoms with Gasteiger partial charge >= 0.3 is 0 Å². The van der Waals surface area contributed by atoms with Gasteiger partial charge in [0.2, 0.25) is 5.91 Å². The zero-order valence-electron chi connectivity index (χ0n) is 51.5. The molecule has 93 heavy (non-hydrogen) atoms. The van der Waals surface area contributed by atoms with E-state index >= 15 is 0 Å². The van der Waals surface area contributed by atoms with Crippen LogP contribution < -0.4 is 40.2 Å². The van der Waals surface area contributed by atoms with Crippen molar-refractivity contribution < 1.29 is 38.1 Å². The number of benzene rings is 4. The van der Waals surface area contributed by atoms with E-state index < -0.39 is 5.41 Å². The topological polar surface area (TPSA) is 283 Å². The number of nitrogens with zero attached hydrogens (tertiary/aromatic N) is 11. The summed E-state index contributed by atoms with van der Waals surface area (Å²) in [4.78, 5) is 58.5. The standard InChI is InChI=1S/C37H36N8O5.C33H31N7O3/c1-37(22-49-23-37)36(47)44-17-3-4-27(21-44)41-33-32-30(14-16-40-34(32)45(43-33)20-24-5-9-28(48-2)10-6-24)50-29-11-7-26(8-12-29)35(46)42-31-18-25(19-38)13-15-39-31;1-42-26-11-7-22(8-12-26)21-40-32-30(31(39-40)37-25-5-3-2-4-6-25)28(16-18-36-32)43-27-13-9-24(10-14-27)33(41)38-29-19-23(20-34)15-17-35-29/h5-16,18,27H,3-4,17,20-23H2,1-2H3,(H,41,43)(H,39,42,46);7-19,25H,2-6,21H2,1H3,(H,37,39)(H,35,38,41)/t27-;/m1./s1. The van der Waals surface area contributed by atoms with Crippen molar-refractivity contribution in [3.05, 3.63) is 192 Å². The lowest BCUT2D eigenvalue weighted by Crippen LogP contribution is -2.56. The summed E-state index contributed by atoms with van der Waals surface area (Å²) in [6.45, 7) is 5.13. The van der Waals surface area contributed by atoms with Crippen LogP contribution >= 0.6 is 0 Å². The highest BCUT2D eigenvalue weighted by Gasteiger charge is 2.44. The Labute approximate surface area is 536 Å². The van der Waals surface area contributed by atoms with Crippen LogP contribution in [0.25, 0.3) is 22.1 Å². The molecule has 0 radical (unpaired) electrons. The van der Waals surface area contributed by atoms with Gasteiger partial charge in [0.1, 0.15) is 56.9 Å². The number of fused-ring (bicyclic) bond motifs is 2. The van der Waals surface area contributed by atoms with E-state index in [9.17, 15) is 14.4 Å². The third-order valence-electron chi connectivity index (χ3n) is 16.5. The number of rotatable bonds is 19. The summed E-state index contributed by atoms with van der Waals surface area (Å²) in [5, 5.41) is 42.5. The molecular formula is C70H67N15O8. The van der Waals surface area contributed by atoms with Gasteiger partial charge in [0.05, 0.1) is 69.2 Å². The Bertz CT molecular complexity index is 4400. The molecule has 2 aliphatic heterocycles. The van der Waals surface area contributed by atoms with Crippen molar-refractivity contribution in [3.8, 4) is 46.6 Å². The highest BCUT2D eigenvalue weighted by atomic mass is 16.5. The van der Waals surface area contributed by atoms with Gasteiger partial charge in [0.15, 0.2) is 22.9 Å². The number of anilines is 4. The number of piperidine rings is 1. The van der Waals surface area contributed by atoms with Gasteiger partial charge in [0, 0.05) is 73.2 Å². The molecule has 2 saturated heterocycles. The SMILES string of the molecule is COc1ccc(Cn2nc(NC3CCCCC3)c3c(Oc4ccc(C(=O)Nc5cc(C#N)ccn5)cc4)ccnc32)cc1.COc1ccc(Cn2nc(N[C@@H]3CCCN(C(=O)C4(C)COC4)C3)c3c(Oc4ccc(C(=O)Nc5cc(C#N)ccn5)cc4)ccnc32)cc1. The number of methoxy groups -OCH3 is 2. The van der Waals surface area contributed by atoms with E-state index in [4.69, 9.17) is 54.4 Å². The molecular weight excluding hydrogens is 1180 g/mol.